The van der Waals surface area contributed by atoms with E-state index in [2.05, 4.69) is 21.3 Å². The molecule has 21 nitrogen and oxygen atoms in total. The second-order valence-corrected chi connectivity index (χ2v) is 21.9. The van der Waals surface area contributed by atoms with Crippen LogP contribution in [0.1, 0.15) is 111 Å². The maximum Gasteiger partial charge on any atom is 0.326 e. The van der Waals surface area contributed by atoms with Crippen molar-refractivity contribution in [1.29, 1.82) is 0 Å². The van der Waals surface area contributed by atoms with E-state index in [9.17, 15) is 48.3 Å². The predicted molar refractivity (Wildman–Crippen MR) is 295 cm³/mol. The summed E-state index contributed by atoms with van der Waals surface area (Å²) in [7, 11) is 4.60. The number of rotatable bonds is 33. The van der Waals surface area contributed by atoms with Crippen LogP contribution in [-0.4, -0.2) is 176 Å². The van der Waals surface area contributed by atoms with Crippen LogP contribution in [-0.2, 0) is 74.9 Å². The molecule has 2 aromatic carbocycles. The Morgan fingerprint density at radius 2 is 1.39 bits per heavy atom. The minimum absolute atomic E-state index is 0.0383. The van der Waals surface area contributed by atoms with Crippen LogP contribution in [0, 0.1) is 23.7 Å². The van der Waals surface area contributed by atoms with Crippen molar-refractivity contribution in [3.05, 3.63) is 65.7 Å². The second-order valence-electron chi connectivity index (χ2n) is 21.9. The van der Waals surface area contributed by atoms with Gasteiger partial charge in [0.2, 0.25) is 47.3 Å². The van der Waals surface area contributed by atoms with Crippen LogP contribution in [0.3, 0.4) is 0 Å². The SMILES string of the molecule is CO[C@H]([C@@H](C)C(=O)N[C@@H](Cc1ccccc1)C(=O)O)[C@@H]1CCCN1C(=O)C[C@@H](OC)[C@H]([C@@H](C)C(C)C)N(C)C(=O)[C@@H](NC(=O)C(C)(C)NC(=O)CCOCCOCCC(=O)Nc1ccc(CCC(=O)N2CCC2=O)cc1)C(C)C. The van der Waals surface area contributed by atoms with Gasteiger partial charge in [-0.05, 0) is 74.1 Å². The van der Waals surface area contributed by atoms with Crippen molar-refractivity contribution < 1.29 is 67.2 Å². The van der Waals surface area contributed by atoms with E-state index in [1.165, 1.54) is 33.0 Å². The molecular formula is C58H87N7O14. The number of amides is 8. The van der Waals surface area contributed by atoms with Gasteiger partial charge in [-0.1, -0.05) is 84.0 Å². The molecular weight excluding hydrogens is 1020 g/mol. The van der Waals surface area contributed by atoms with Crippen LogP contribution in [0.4, 0.5) is 5.69 Å². The average molecular weight is 1110 g/mol. The number of hydrogen-bond acceptors (Lipinski definition) is 13. The Morgan fingerprint density at radius 1 is 0.759 bits per heavy atom. The summed E-state index contributed by atoms with van der Waals surface area (Å²) in [5, 5.41) is 21.1. The molecule has 8 amide bonds. The van der Waals surface area contributed by atoms with E-state index in [1.807, 2.05) is 39.0 Å². The molecule has 0 bridgehead atoms. The molecule has 0 saturated carbocycles. The Labute approximate surface area is 465 Å². The second kappa shape index (κ2) is 31.5. The number of ether oxygens (including phenoxy) is 4. The maximum absolute atomic E-state index is 14.6. The van der Waals surface area contributed by atoms with Crippen molar-refractivity contribution >= 4 is 58.9 Å². The minimum Gasteiger partial charge on any atom is -0.480 e. The van der Waals surface area contributed by atoms with E-state index in [1.54, 1.807) is 74.0 Å². The number of methoxy groups -OCH3 is 2. The van der Waals surface area contributed by atoms with Gasteiger partial charge in [-0.15, -0.1) is 0 Å². The third-order valence-electron chi connectivity index (χ3n) is 15.1. The zero-order chi connectivity index (χ0) is 58.6. The molecule has 438 valence electrons. The van der Waals surface area contributed by atoms with Crippen LogP contribution < -0.4 is 21.3 Å². The van der Waals surface area contributed by atoms with Gasteiger partial charge in [0.1, 0.15) is 17.6 Å². The van der Waals surface area contributed by atoms with Crippen molar-refractivity contribution in [3.8, 4) is 0 Å². The van der Waals surface area contributed by atoms with Gasteiger partial charge in [-0.2, -0.15) is 0 Å². The van der Waals surface area contributed by atoms with Crippen molar-refractivity contribution in [2.45, 2.75) is 155 Å². The molecule has 21 heteroatoms. The van der Waals surface area contributed by atoms with Crippen LogP contribution in [0.2, 0.25) is 0 Å². The Hall–Kier alpha value is -6.29. The van der Waals surface area contributed by atoms with Crippen LogP contribution in [0.15, 0.2) is 54.6 Å². The number of carbonyl (C=O) groups is 9. The lowest BCUT2D eigenvalue weighted by Crippen LogP contribution is -2.62. The lowest BCUT2D eigenvalue weighted by Gasteiger charge is -2.42. The fourth-order valence-electron chi connectivity index (χ4n) is 9.87. The van der Waals surface area contributed by atoms with Gasteiger partial charge in [-0.3, -0.25) is 43.3 Å². The fourth-order valence-corrected chi connectivity index (χ4v) is 9.87. The molecule has 0 radical (unpaired) electrons. The van der Waals surface area contributed by atoms with E-state index in [4.69, 9.17) is 18.9 Å². The fraction of sp³-hybridized carbons (Fsp3) is 0.638. The first-order valence-corrected chi connectivity index (χ1v) is 27.6. The smallest absolute Gasteiger partial charge is 0.326 e. The molecule has 2 aromatic rings. The first-order valence-electron chi connectivity index (χ1n) is 27.6. The molecule has 2 aliphatic rings. The summed E-state index contributed by atoms with van der Waals surface area (Å²) in [4.78, 5) is 122. The standard InChI is InChI=1S/C58H87N7O14/c1-36(2)38(5)52(45(76-10)35-50(70)64-28-15-18-44(64)53(77-11)39(6)54(71)60-43(56(73)74)34-41-16-13-12-14-17-41)63(9)55(72)51(37(3)4)61-57(75)58(7,8)62-47(67)27-31-79-33-32-78-30-26-46(66)59-42-22-19-40(20-23-42)21-24-48(68)65-29-25-49(65)69/h12-14,16-17,19-20,22-23,36-39,43-45,51-53H,15,18,21,24-35H2,1-11H3,(H,59,66)(H,60,71)(H,61,75)(H,62,67)(H,73,74)/t38-,39+,43-,44-,45+,51-,52-,53+/m0/s1. The third kappa shape index (κ3) is 19.5. The summed E-state index contributed by atoms with van der Waals surface area (Å²) in [6.45, 7) is 15.8. The molecule has 0 aliphatic carbocycles. The first-order chi connectivity index (χ1) is 37.4. The third-order valence-corrected chi connectivity index (χ3v) is 15.1. The summed E-state index contributed by atoms with van der Waals surface area (Å²) in [6, 6.07) is 12.8. The van der Waals surface area contributed by atoms with Gasteiger partial charge in [0, 0.05) is 65.7 Å². The number of anilines is 1. The predicted octanol–water partition coefficient (Wildman–Crippen LogP) is 4.14. The Bertz CT molecular complexity index is 2370. The van der Waals surface area contributed by atoms with Crippen LogP contribution >= 0.6 is 0 Å². The molecule has 0 spiro atoms. The molecule has 0 unspecified atom stereocenters. The van der Waals surface area contributed by atoms with Gasteiger partial charge >= 0.3 is 5.97 Å². The van der Waals surface area contributed by atoms with Gasteiger partial charge < -0.3 is 55.1 Å². The highest BCUT2D eigenvalue weighted by Gasteiger charge is 2.44. The first kappa shape index (κ1) is 65.2. The summed E-state index contributed by atoms with van der Waals surface area (Å²) in [6.07, 6.45) is 0.835. The number of carboxylic acids is 1. The number of nitrogens with zero attached hydrogens (tertiary/aromatic N) is 3. The molecule has 4 rings (SSSR count). The lowest BCUT2D eigenvalue weighted by molar-refractivity contribution is -0.152. The highest BCUT2D eigenvalue weighted by molar-refractivity contribution is 5.99. The van der Waals surface area contributed by atoms with E-state index < -0.39 is 77.4 Å². The molecule has 5 N–H and O–H groups in total. The number of benzene rings is 2. The number of hydrogen-bond donors (Lipinski definition) is 5. The van der Waals surface area contributed by atoms with Crippen molar-refractivity contribution in [1.82, 2.24) is 30.7 Å². The topological polar surface area (TPSA) is 269 Å². The monoisotopic (exact) mass is 1110 g/mol. The molecule has 79 heavy (non-hydrogen) atoms. The molecule has 8 atom stereocenters. The Morgan fingerprint density at radius 3 is 1.94 bits per heavy atom. The molecule has 2 saturated heterocycles. The normalized spacial score (nSPS) is 17.2. The van der Waals surface area contributed by atoms with Crippen molar-refractivity contribution in [2.75, 3.05) is 66.1 Å². The van der Waals surface area contributed by atoms with E-state index >= 15 is 0 Å². The quantitative estimate of drug-likeness (QED) is 0.0497. The molecule has 0 aromatic heterocycles. The number of carboxylic acid groups (broad SMARTS) is 1. The Balaban J connectivity index is 1.25. The van der Waals surface area contributed by atoms with E-state index in [-0.39, 0.29) is 99.9 Å². The highest BCUT2D eigenvalue weighted by atomic mass is 16.5. The highest BCUT2D eigenvalue weighted by Crippen LogP contribution is 2.31. The molecule has 2 fully saturated rings. The zero-order valence-electron chi connectivity index (χ0n) is 48.2. The Kier molecular flexibility index (Phi) is 26.0. The van der Waals surface area contributed by atoms with Gasteiger partial charge in [0.05, 0.1) is 69.5 Å². The van der Waals surface area contributed by atoms with Gasteiger partial charge in [0.25, 0.3) is 0 Å². The van der Waals surface area contributed by atoms with Crippen LogP contribution in [0.5, 0.6) is 0 Å². The number of likely N-dealkylation sites (N-methyl/N-ethyl adjacent to an activating group) is 1. The average Bonchev–Trinajstić information content (AvgIpc) is 3.89. The summed E-state index contributed by atoms with van der Waals surface area (Å²) in [5.74, 6) is -5.29. The van der Waals surface area contributed by atoms with E-state index in [0.717, 1.165) is 11.1 Å². The van der Waals surface area contributed by atoms with Crippen molar-refractivity contribution in [2.24, 2.45) is 23.7 Å². The van der Waals surface area contributed by atoms with Gasteiger partial charge in [-0.25, -0.2) is 4.79 Å². The van der Waals surface area contributed by atoms with E-state index in [0.29, 0.717) is 44.5 Å². The number of imide groups is 1. The number of carbonyl (C=O) groups excluding carboxylic acids is 8. The largest absolute Gasteiger partial charge is 0.480 e. The van der Waals surface area contributed by atoms with Crippen molar-refractivity contribution in [3.63, 3.8) is 0 Å². The number of aryl methyl sites for hydroxylation is 1. The van der Waals surface area contributed by atoms with Gasteiger partial charge in [0.15, 0.2) is 0 Å². The summed E-state index contributed by atoms with van der Waals surface area (Å²) in [5.41, 5.74) is 0.840. The minimum atomic E-state index is -1.43. The number of β-lactam (4-membered cyclic amide) rings is 1. The maximum atomic E-state index is 14.6. The zero-order valence-corrected chi connectivity index (χ0v) is 48.2. The molecule has 2 heterocycles. The number of likely N-dealkylation sites (tertiary alicyclic amines) is 2. The molecule has 2 aliphatic heterocycles. The summed E-state index contributed by atoms with van der Waals surface area (Å²) >= 11 is 0. The van der Waals surface area contributed by atoms with Crippen LogP contribution in [0.25, 0.3) is 0 Å². The number of aliphatic carboxylic acids is 1. The summed E-state index contributed by atoms with van der Waals surface area (Å²) < 4.78 is 23.1. The number of nitrogens with one attached hydrogen (secondary N) is 4. The lowest BCUT2D eigenvalue weighted by atomic mass is 9.84.